The maximum absolute atomic E-state index is 7.83. The van der Waals surface area contributed by atoms with Gasteiger partial charge >= 0.3 is 0 Å². The van der Waals surface area contributed by atoms with E-state index in [0.717, 1.165) is 30.9 Å². The number of nitrogens with one attached hydrogen (secondary N) is 2. The fourth-order valence-electron chi connectivity index (χ4n) is 3.37. The largest absolute Gasteiger partial charge is 0.398 e. The summed E-state index contributed by atoms with van der Waals surface area (Å²) in [6.45, 7) is 4.97. The summed E-state index contributed by atoms with van der Waals surface area (Å²) in [6.07, 6.45) is 2.38. The third kappa shape index (κ3) is 4.15. The Morgan fingerprint density at radius 2 is 2.04 bits per heavy atom. The molecule has 0 amide bonds. The number of piperidine rings is 1. The highest BCUT2D eigenvalue weighted by molar-refractivity contribution is 6.01. The molecule has 1 aliphatic rings. The first-order valence-electron chi connectivity index (χ1n) is 8.59. The van der Waals surface area contributed by atoms with Crippen molar-refractivity contribution in [2.24, 2.45) is 0 Å². The predicted octanol–water partition coefficient (Wildman–Crippen LogP) is 3.73. The van der Waals surface area contributed by atoms with Crippen LogP contribution >= 0.6 is 0 Å². The molecule has 126 valence electrons. The van der Waals surface area contributed by atoms with E-state index < -0.39 is 0 Å². The van der Waals surface area contributed by atoms with Gasteiger partial charge in [0, 0.05) is 41.8 Å². The van der Waals surface area contributed by atoms with Gasteiger partial charge in [-0.2, -0.15) is 0 Å². The molecule has 1 saturated heterocycles. The molecule has 1 unspecified atom stereocenters. The normalized spacial score (nSPS) is 18.3. The number of benzene rings is 2. The molecule has 3 rings (SSSR count). The van der Waals surface area contributed by atoms with E-state index in [1.54, 1.807) is 6.92 Å². The van der Waals surface area contributed by atoms with Gasteiger partial charge in [0.05, 0.1) is 0 Å². The topological polar surface area (TPSA) is 65.1 Å². The Balaban J connectivity index is 1.63. The summed E-state index contributed by atoms with van der Waals surface area (Å²) in [6, 6.07) is 17.0. The van der Waals surface area contributed by atoms with Crippen molar-refractivity contribution in [3.63, 3.8) is 0 Å². The second-order valence-electron chi connectivity index (χ2n) is 6.63. The Kier molecular flexibility index (Phi) is 5.16. The Labute approximate surface area is 144 Å². The molecule has 24 heavy (non-hydrogen) atoms. The summed E-state index contributed by atoms with van der Waals surface area (Å²) in [5, 5.41) is 11.5. The van der Waals surface area contributed by atoms with Crippen molar-refractivity contribution >= 4 is 17.1 Å². The molecule has 2 aromatic rings. The van der Waals surface area contributed by atoms with Crippen LogP contribution < -0.4 is 11.1 Å². The fraction of sp³-hybridized carbons (Fsp3) is 0.350. The average Bonchev–Trinajstić information content (AvgIpc) is 2.58. The van der Waals surface area contributed by atoms with Crippen LogP contribution in [0.15, 0.2) is 48.5 Å². The van der Waals surface area contributed by atoms with Crippen molar-refractivity contribution < 1.29 is 0 Å². The van der Waals surface area contributed by atoms with Crippen molar-refractivity contribution in [1.29, 1.82) is 5.41 Å². The lowest BCUT2D eigenvalue weighted by molar-refractivity contribution is 0.208. The molecule has 1 heterocycles. The molecule has 1 fully saturated rings. The van der Waals surface area contributed by atoms with Gasteiger partial charge in [0.1, 0.15) is 0 Å². The molecule has 0 aromatic heterocycles. The molecular weight excluding hydrogens is 296 g/mol. The summed E-state index contributed by atoms with van der Waals surface area (Å²) in [7, 11) is 0. The quantitative estimate of drug-likeness (QED) is 0.580. The Hall–Kier alpha value is -2.33. The highest BCUT2D eigenvalue weighted by Gasteiger charge is 2.20. The van der Waals surface area contributed by atoms with Crippen LogP contribution in [-0.2, 0) is 6.54 Å². The van der Waals surface area contributed by atoms with Crippen molar-refractivity contribution in [2.75, 3.05) is 24.1 Å². The van der Waals surface area contributed by atoms with Gasteiger partial charge in [0.2, 0.25) is 0 Å². The van der Waals surface area contributed by atoms with Crippen LogP contribution in [-0.4, -0.2) is 29.7 Å². The zero-order valence-electron chi connectivity index (χ0n) is 14.3. The van der Waals surface area contributed by atoms with Crippen molar-refractivity contribution in [3.8, 4) is 0 Å². The number of anilines is 2. The van der Waals surface area contributed by atoms with Crippen LogP contribution in [0, 0.1) is 5.41 Å². The summed E-state index contributed by atoms with van der Waals surface area (Å²) in [4.78, 5) is 2.51. The van der Waals surface area contributed by atoms with Gasteiger partial charge in [-0.25, -0.2) is 0 Å². The zero-order chi connectivity index (χ0) is 16.9. The number of hydrogen-bond acceptors (Lipinski definition) is 4. The van der Waals surface area contributed by atoms with Gasteiger partial charge in [0.15, 0.2) is 0 Å². The Morgan fingerprint density at radius 3 is 2.79 bits per heavy atom. The van der Waals surface area contributed by atoms with Gasteiger partial charge in [-0.15, -0.1) is 0 Å². The molecule has 0 spiro atoms. The third-order valence-corrected chi connectivity index (χ3v) is 4.58. The first-order chi connectivity index (χ1) is 11.6. The van der Waals surface area contributed by atoms with Crippen LogP contribution in [0.1, 0.15) is 30.9 Å². The predicted molar refractivity (Wildman–Crippen MR) is 102 cm³/mol. The van der Waals surface area contributed by atoms with E-state index in [-0.39, 0.29) is 0 Å². The Bertz CT molecular complexity index is 696. The number of nitrogens with zero attached hydrogens (tertiary/aromatic N) is 1. The smallest absolute Gasteiger partial charge is 0.0407 e. The minimum Gasteiger partial charge on any atom is -0.398 e. The van der Waals surface area contributed by atoms with Gasteiger partial charge in [-0.05, 0) is 50.1 Å². The van der Waals surface area contributed by atoms with E-state index in [4.69, 9.17) is 11.1 Å². The molecule has 0 saturated carbocycles. The lowest BCUT2D eigenvalue weighted by Crippen LogP contribution is -2.41. The summed E-state index contributed by atoms with van der Waals surface area (Å²) < 4.78 is 0. The van der Waals surface area contributed by atoms with E-state index in [1.165, 1.54) is 18.4 Å². The molecule has 1 atom stereocenters. The lowest BCUT2D eigenvalue weighted by atomic mass is 10.0. The first kappa shape index (κ1) is 16.5. The van der Waals surface area contributed by atoms with E-state index in [9.17, 15) is 0 Å². The molecule has 2 aromatic carbocycles. The maximum atomic E-state index is 7.83. The van der Waals surface area contributed by atoms with Crippen LogP contribution in [0.25, 0.3) is 0 Å². The molecule has 4 heteroatoms. The number of rotatable bonds is 5. The number of hydrogen-bond donors (Lipinski definition) is 3. The van der Waals surface area contributed by atoms with E-state index in [1.807, 2.05) is 18.2 Å². The van der Waals surface area contributed by atoms with E-state index in [0.29, 0.717) is 17.4 Å². The standard InChI is InChI=1S/C20H26N4/c1-15(21)19-12-17(9-10-20(19)22)23-18-8-5-11-24(14-18)13-16-6-3-2-4-7-16/h2-4,6-7,9-10,12,18,21,23H,5,8,11,13-14,22H2,1H3. The minimum atomic E-state index is 0.435. The molecule has 0 bridgehead atoms. The number of nitrogen functional groups attached to an aromatic ring is 1. The van der Waals surface area contributed by atoms with Crippen LogP contribution in [0.5, 0.6) is 0 Å². The molecule has 0 radical (unpaired) electrons. The van der Waals surface area contributed by atoms with Gasteiger partial charge in [-0.3, -0.25) is 4.90 Å². The van der Waals surface area contributed by atoms with E-state index in [2.05, 4.69) is 40.5 Å². The van der Waals surface area contributed by atoms with Crippen LogP contribution in [0.4, 0.5) is 11.4 Å². The molecular formula is C20H26N4. The summed E-state index contributed by atoms with van der Waals surface area (Å²) >= 11 is 0. The number of likely N-dealkylation sites (tertiary alicyclic amines) is 1. The highest BCUT2D eigenvalue weighted by atomic mass is 15.2. The fourth-order valence-corrected chi connectivity index (χ4v) is 3.37. The molecule has 4 N–H and O–H groups in total. The second-order valence-corrected chi connectivity index (χ2v) is 6.63. The monoisotopic (exact) mass is 322 g/mol. The third-order valence-electron chi connectivity index (χ3n) is 4.58. The van der Waals surface area contributed by atoms with E-state index >= 15 is 0 Å². The van der Waals surface area contributed by atoms with Crippen molar-refractivity contribution in [1.82, 2.24) is 4.90 Å². The highest BCUT2D eigenvalue weighted by Crippen LogP contribution is 2.22. The number of nitrogens with two attached hydrogens (primary N) is 1. The van der Waals surface area contributed by atoms with Gasteiger partial charge in [0.25, 0.3) is 0 Å². The van der Waals surface area contributed by atoms with Crippen LogP contribution in [0.3, 0.4) is 0 Å². The molecule has 0 aliphatic carbocycles. The second kappa shape index (κ2) is 7.49. The van der Waals surface area contributed by atoms with Gasteiger partial charge < -0.3 is 16.5 Å². The lowest BCUT2D eigenvalue weighted by Gasteiger charge is -2.33. The summed E-state index contributed by atoms with van der Waals surface area (Å²) in [5.41, 5.74) is 10.4. The first-order valence-corrected chi connectivity index (χ1v) is 8.59. The van der Waals surface area contributed by atoms with Crippen molar-refractivity contribution in [2.45, 2.75) is 32.4 Å². The Morgan fingerprint density at radius 1 is 1.25 bits per heavy atom. The van der Waals surface area contributed by atoms with Crippen molar-refractivity contribution in [3.05, 3.63) is 59.7 Å². The summed E-state index contributed by atoms with van der Waals surface area (Å²) in [5.74, 6) is 0. The SMILES string of the molecule is CC(=N)c1cc(NC2CCCN(Cc3ccccc3)C2)ccc1N. The van der Waals surface area contributed by atoms with Crippen LogP contribution in [0.2, 0.25) is 0 Å². The zero-order valence-corrected chi connectivity index (χ0v) is 14.3. The minimum absolute atomic E-state index is 0.435. The maximum Gasteiger partial charge on any atom is 0.0407 e. The molecule has 4 nitrogen and oxygen atoms in total. The van der Waals surface area contributed by atoms with Gasteiger partial charge in [-0.1, -0.05) is 30.3 Å². The molecule has 1 aliphatic heterocycles. The average molecular weight is 322 g/mol.